The lowest BCUT2D eigenvalue weighted by Crippen LogP contribution is -2.57. The summed E-state index contributed by atoms with van der Waals surface area (Å²) in [5.41, 5.74) is 10.3. The standard InChI is InChI=1S/C14H20N2O3/c1-2-3-9-14(16,13(18)19)12(17)11(15)10-7-5-4-6-8-10/h4-8,11H,2-3,9,15-16H2,1H3,(H,18,19)/t11?,14-/m1/s1. The smallest absolute Gasteiger partial charge is 0.331 e. The first-order valence-corrected chi connectivity index (χ1v) is 6.30. The van der Waals surface area contributed by atoms with Crippen LogP contribution in [-0.2, 0) is 9.59 Å². The number of hydrogen-bond donors (Lipinski definition) is 3. The molecule has 0 spiro atoms. The monoisotopic (exact) mass is 264 g/mol. The van der Waals surface area contributed by atoms with Gasteiger partial charge in [0.2, 0.25) is 0 Å². The van der Waals surface area contributed by atoms with Gasteiger partial charge in [-0.25, -0.2) is 4.79 Å². The lowest BCUT2D eigenvalue weighted by atomic mass is 9.83. The first kappa shape index (κ1) is 15.3. The van der Waals surface area contributed by atoms with E-state index in [2.05, 4.69) is 0 Å². The quantitative estimate of drug-likeness (QED) is 0.642. The molecule has 2 atom stereocenters. The van der Waals surface area contributed by atoms with E-state index in [1.54, 1.807) is 30.3 Å². The Balaban J connectivity index is 2.97. The third-order valence-electron chi connectivity index (χ3n) is 3.19. The van der Waals surface area contributed by atoms with Gasteiger partial charge in [-0.15, -0.1) is 0 Å². The summed E-state index contributed by atoms with van der Waals surface area (Å²) in [6.45, 7) is 1.91. The lowest BCUT2D eigenvalue weighted by Gasteiger charge is -2.26. The number of carboxylic acid groups (broad SMARTS) is 1. The summed E-state index contributed by atoms with van der Waals surface area (Å²) in [6.07, 6.45) is 1.42. The van der Waals surface area contributed by atoms with Gasteiger partial charge in [-0.05, 0) is 12.0 Å². The maximum atomic E-state index is 12.3. The number of Topliss-reactive ketones (excluding diaryl/α,β-unsaturated/α-hetero) is 1. The van der Waals surface area contributed by atoms with Crippen LogP contribution in [0.3, 0.4) is 0 Å². The molecule has 0 saturated carbocycles. The molecule has 1 aromatic rings. The topological polar surface area (TPSA) is 106 Å². The first-order valence-electron chi connectivity index (χ1n) is 6.30. The minimum atomic E-state index is -1.91. The zero-order chi connectivity index (χ0) is 14.5. The van der Waals surface area contributed by atoms with Crippen molar-refractivity contribution in [2.24, 2.45) is 11.5 Å². The summed E-state index contributed by atoms with van der Waals surface area (Å²) in [5, 5.41) is 9.22. The van der Waals surface area contributed by atoms with Crippen LogP contribution >= 0.6 is 0 Å². The van der Waals surface area contributed by atoms with Crippen molar-refractivity contribution in [3.63, 3.8) is 0 Å². The molecule has 104 valence electrons. The van der Waals surface area contributed by atoms with E-state index in [9.17, 15) is 14.7 Å². The average molecular weight is 264 g/mol. The number of benzene rings is 1. The Morgan fingerprint density at radius 1 is 1.32 bits per heavy atom. The van der Waals surface area contributed by atoms with Gasteiger partial charge in [0, 0.05) is 0 Å². The highest BCUT2D eigenvalue weighted by Crippen LogP contribution is 2.21. The minimum Gasteiger partial charge on any atom is -0.480 e. The van der Waals surface area contributed by atoms with E-state index in [4.69, 9.17) is 11.5 Å². The molecule has 0 saturated heterocycles. The number of carbonyl (C=O) groups excluding carboxylic acids is 1. The van der Waals surface area contributed by atoms with Crippen LogP contribution < -0.4 is 11.5 Å². The maximum absolute atomic E-state index is 12.3. The van der Waals surface area contributed by atoms with Crippen LogP contribution in [0.4, 0.5) is 0 Å². The van der Waals surface area contributed by atoms with Crippen LogP contribution in [0, 0.1) is 0 Å². The van der Waals surface area contributed by atoms with Gasteiger partial charge in [-0.2, -0.15) is 0 Å². The summed E-state index contributed by atoms with van der Waals surface area (Å²) in [5.74, 6) is -1.98. The van der Waals surface area contributed by atoms with Gasteiger partial charge in [0.1, 0.15) is 0 Å². The summed E-state index contributed by atoms with van der Waals surface area (Å²) >= 11 is 0. The van der Waals surface area contributed by atoms with Crippen molar-refractivity contribution in [3.8, 4) is 0 Å². The van der Waals surface area contributed by atoms with Crippen molar-refractivity contribution >= 4 is 11.8 Å². The first-order chi connectivity index (χ1) is 8.93. The fraction of sp³-hybridized carbons (Fsp3) is 0.429. The van der Waals surface area contributed by atoms with Gasteiger partial charge in [-0.3, -0.25) is 4.79 Å². The Morgan fingerprint density at radius 2 is 1.89 bits per heavy atom. The highest BCUT2D eigenvalue weighted by Gasteiger charge is 2.44. The largest absolute Gasteiger partial charge is 0.480 e. The number of carboxylic acids is 1. The summed E-state index contributed by atoms with van der Waals surface area (Å²) in [7, 11) is 0. The van der Waals surface area contributed by atoms with Crippen molar-refractivity contribution in [3.05, 3.63) is 35.9 Å². The molecule has 0 bridgehead atoms. The summed E-state index contributed by atoms with van der Waals surface area (Å²) in [6, 6.07) is 7.64. The molecule has 0 fully saturated rings. The normalized spacial score (nSPS) is 15.5. The number of carbonyl (C=O) groups is 2. The van der Waals surface area contributed by atoms with E-state index in [0.717, 1.165) is 6.42 Å². The molecule has 5 heteroatoms. The number of unbranched alkanes of at least 4 members (excludes halogenated alkanes) is 1. The third-order valence-corrected chi connectivity index (χ3v) is 3.19. The van der Waals surface area contributed by atoms with E-state index >= 15 is 0 Å². The van der Waals surface area contributed by atoms with Crippen LogP contribution in [0.25, 0.3) is 0 Å². The highest BCUT2D eigenvalue weighted by molar-refractivity contribution is 6.10. The van der Waals surface area contributed by atoms with Crippen molar-refractivity contribution in [1.82, 2.24) is 0 Å². The Hall–Kier alpha value is -1.72. The maximum Gasteiger partial charge on any atom is 0.331 e. The molecular weight excluding hydrogens is 244 g/mol. The number of aliphatic carboxylic acids is 1. The Morgan fingerprint density at radius 3 is 2.37 bits per heavy atom. The van der Waals surface area contributed by atoms with Crippen molar-refractivity contribution < 1.29 is 14.7 Å². The van der Waals surface area contributed by atoms with Crippen molar-refractivity contribution in [1.29, 1.82) is 0 Å². The summed E-state index contributed by atoms with van der Waals surface area (Å²) < 4.78 is 0. The van der Waals surface area contributed by atoms with Crippen LogP contribution in [-0.4, -0.2) is 22.4 Å². The van der Waals surface area contributed by atoms with Gasteiger partial charge < -0.3 is 16.6 Å². The number of nitrogens with two attached hydrogens (primary N) is 2. The zero-order valence-corrected chi connectivity index (χ0v) is 11.0. The molecule has 0 aromatic heterocycles. The molecule has 1 rings (SSSR count). The SMILES string of the molecule is CCCC[C@](N)(C(=O)O)C(=O)C(N)c1ccccc1. The molecule has 0 aliphatic carbocycles. The lowest BCUT2D eigenvalue weighted by molar-refractivity contribution is -0.149. The average Bonchev–Trinajstić information content (AvgIpc) is 2.43. The Labute approximate surface area is 112 Å². The van der Waals surface area contributed by atoms with Gasteiger partial charge >= 0.3 is 5.97 Å². The molecule has 0 aliphatic heterocycles. The molecule has 0 radical (unpaired) electrons. The molecule has 1 aromatic carbocycles. The second kappa shape index (κ2) is 6.45. The predicted octanol–water partition coefficient (Wildman–Crippen LogP) is 1.23. The van der Waals surface area contributed by atoms with Gasteiger partial charge in [0.25, 0.3) is 0 Å². The second-order valence-electron chi connectivity index (χ2n) is 4.63. The molecule has 0 amide bonds. The molecule has 19 heavy (non-hydrogen) atoms. The number of ketones is 1. The fourth-order valence-corrected chi connectivity index (χ4v) is 1.88. The van der Waals surface area contributed by atoms with Gasteiger partial charge in [-0.1, -0.05) is 50.1 Å². The van der Waals surface area contributed by atoms with Crippen molar-refractivity contribution in [2.45, 2.75) is 37.8 Å². The Bertz CT molecular complexity index is 447. The predicted molar refractivity (Wildman–Crippen MR) is 72.5 cm³/mol. The fourth-order valence-electron chi connectivity index (χ4n) is 1.88. The molecule has 1 unspecified atom stereocenters. The van der Waals surface area contributed by atoms with E-state index in [-0.39, 0.29) is 6.42 Å². The Kier molecular flexibility index (Phi) is 5.20. The molecule has 0 aliphatic rings. The zero-order valence-electron chi connectivity index (χ0n) is 11.0. The second-order valence-corrected chi connectivity index (χ2v) is 4.63. The van der Waals surface area contributed by atoms with Crippen LogP contribution in [0.1, 0.15) is 37.8 Å². The molecule has 5 nitrogen and oxygen atoms in total. The molecule has 5 N–H and O–H groups in total. The van der Waals surface area contributed by atoms with Crippen LogP contribution in [0.5, 0.6) is 0 Å². The van der Waals surface area contributed by atoms with Crippen LogP contribution in [0.15, 0.2) is 30.3 Å². The third kappa shape index (κ3) is 3.39. The van der Waals surface area contributed by atoms with E-state index in [1.165, 1.54) is 0 Å². The highest BCUT2D eigenvalue weighted by atomic mass is 16.4. The van der Waals surface area contributed by atoms with E-state index in [0.29, 0.717) is 12.0 Å². The summed E-state index contributed by atoms with van der Waals surface area (Å²) in [4.78, 5) is 23.6. The number of hydrogen-bond acceptors (Lipinski definition) is 4. The molecular formula is C14H20N2O3. The van der Waals surface area contributed by atoms with Gasteiger partial charge in [0.05, 0.1) is 6.04 Å². The minimum absolute atomic E-state index is 0.0954. The number of rotatable bonds is 7. The van der Waals surface area contributed by atoms with Crippen LogP contribution in [0.2, 0.25) is 0 Å². The van der Waals surface area contributed by atoms with E-state index < -0.39 is 23.3 Å². The van der Waals surface area contributed by atoms with Gasteiger partial charge in [0.15, 0.2) is 11.3 Å². The van der Waals surface area contributed by atoms with E-state index in [1.807, 2.05) is 6.92 Å². The molecule has 0 heterocycles. The van der Waals surface area contributed by atoms with Crippen molar-refractivity contribution in [2.75, 3.05) is 0 Å².